The minimum Gasteiger partial charge on any atom is -0.205 e. The number of halogens is 3. The van der Waals surface area contributed by atoms with E-state index in [1.807, 2.05) is 6.07 Å². The van der Waals surface area contributed by atoms with Gasteiger partial charge in [-0.3, -0.25) is 0 Å². The Morgan fingerprint density at radius 1 is 1.05 bits per heavy atom. The zero-order valence-corrected chi connectivity index (χ0v) is 13.7. The number of benzene rings is 2. The summed E-state index contributed by atoms with van der Waals surface area (Å²) in [6.45, 7) is 2.09. The summed E-state index contributed by atoms with van der Waals surface area (Å²) in [5.74, 6) is 0.114. The van der Waals surface area contributed by atoms with Crippen molar-refractivity contribution in [1.29, 1.82) is 0 Å². The van der Waals surface area contributed by atoms with Crippen molar-refractivity contribution >= 4 is 27.5 Å². The Hall–Kier alpha value is -0.860. The summed E-state index contributed by atoms with van der Waals surface area (Å²) in [5, 5.41) is 1.11. The van der Waals surface area contributed by atoms with Gasteiger partial charge in [0.1, 0.15) is 5.82 Å². The lowest BCUT2D eigenvalue weighted by Crippen LogP contribution is -2.10. The van der Waals surface area contributed by atoms with E-state index in [1.54, 1.807) is 6.07 Å². The molecule has 0 aliphatic heterocycles. The van der Waals surface area contributed by atoms with Crippen molar-refractivity contribution in [3.05, 3.63) is 70.0 Å². The molecule has 0 fully saturated rings. The maximum atomic E-state index is 13.2. The van der Waals surface area contributed by atoms with Gasteiger partial charge in [0.25, 0.3) is 0 Å². The van der Waals surface area contributed by atoms with E-state index < -0.39 is 0 Å². The molecule has 0 radical (unpaired) electrons. The Labute approximate surface area is 133 Å². The first-order chi connectivity index (χ1) is 9.58. The van der Waals surface area contributed by atoms with Gasteiger partial charge in [-0.05, 0) is 48.9 Å². The Bertz CT molecular complexity index is 566. The van der Waals surface area contributed by atoms with Crippen LogP contribution >= 0.6 is 27.5 Å². The highest BCUT2D eigenvalue weighted by Gasteiger charge is 2.11. The molecular formula is C17H17BrClF. The molecule has 20 heavy (non-hydrogen) atoms. The highest BCUT2D eigenvalue weighted by molar-refractivity contribution is 9.09. The average molecular weight is 356 g/mol. The molecule has 1 atom stereocenters. The van der Waals surface area contributed by atoms with Gasteiger partial charge in [0, 0.05) is 5.33 Å². The van der Waals surface area contributed by atoms with Crippen LogP contribution in [0, 0.1) is 18.7 Å². The molecule has 0 aliphatic rings. The molecule has 0 N–H and O–H groups in total. The van der Waals surface area contributed by atoms with Gasteiger partial charge in [-0.2, -0.15) is 0 Å². The number of aryl methyl sites for hydroxylation is 1. The van der Waals surface area contributed by atoms with Crippen molar-refractivity contribution in [2.75, 3.05) is 5.33 Å². The molecule has 2 aromatic carbocycles. The van der Waals surface area contributed by atoms with E-state index in [4.69, 9.17) is 11.6 Å². The zero-order chi connectivity index (χ0) is 14.5. The molecule has 106 valence electrons. The van der Waals surface area contributed by atoms with Crippen LogP contribution in [-0.4, -0.2) is 5.33 Å². The standard InChI is InChI=1S/C17H17BrClF/c1-12-2-4-13(5-3-12)8-15(11-18)9-14-6-7-17(20)16(19)10-14/h2-7,10,15H,8-9,11H2,1H3. The molecule has 0 saturated heterocycles. The lowest BCUT2D eigenvalue weighted by atomic mass is 9.94. The van der Waals surface area contributed by atoms with Crippen molar-refractivity contribution in [2.24, 2.45) is 5.92 Å². The van der Waals surface area contributed by atoms with Crippen molar-refractivity contribution in [3.63, 3.8) is 0 Å². The predicted octanol–water partition coefficient (Wildman–Crippen LogP) is 5.58. The van der Waals surface area contributed by atoms with Gasteiger partial charge in [0.2, 0.25) is 0 Å². The Kier molecular flexibility index (Phi) is 5.62. The zero-order valence-electron chi connectivity index (χ0n) is 11.4. The van der Waals surface area contributed by atoms with Crippen LogP contribution in [0.4, 0.5) is 4.39 Å². The molecule has 2 aromatic rings. The van der Waals surface area contributed by atoms with Gasteiger partial charge in [-0.1, -0.05) is 63.4 Å². The maximum Gasteiger partial charge on any atom is 0.141 e. The molecule has 2 rings (SSSR count). The van der Waals surface area contributed by atoms with E-state index in [2.05, 4.69) is 47.1 Å². The van der Waals surface area contributed by atoms with Gasteiger partial charge in [-0.25, -0.2) is 4.39 Å². The van der Waals surface area contributed by atoms with Crippen LogP contribution in [0.1, 0.15) is 16.7 Å². The highest BCUT2D eigenvalue weighted by Crippen LogP contribution is 2.21. The van der Waals surface area contributed by atoms with Crippen molar-refractivity contribution in [2.45, 2.75) is 19.8 Å². The third-order valence-electron chi connectivity index (χ3n) is 3.37. The van der Waals surface area contributed by atoms with E-state index in [9.17, 15) is 4.39 Å². The molecule has 0 aliphatic carbocycles. The fourth-order valence-corrected chi connectivity index (χ4v) is 2.90. The Morgan fingerprint density at radius 2 is 1.65 bits per heavy atom. The minimum absolute atomic E-state index is 0.200. The summed E-state index contributed by atoms with van der Waals surface area (Å²) >= 11 is 9.40. The number of alkyl halides is 1. The third kappa shape index (κ3) is 4.32. The predicted molar refractivity (Wildman–Crippen MR) is 87.3 cm³/mol. The molecular weight excluding hydrogens is 339 g/mol. The monoisotopic (exact) mass is 354 g/mol. The maximum absolute atomic E-state index is 13.2. The molecule has 0 heterocycles. The van der Waals surface area contributed by atoms with Gasteiger partial charge in [0.05, 0.1) is 5.02 Å². The first-order valence-corrected chi connectivity index (χ1v) is 8.14. The fourth-order valence-electron chi connectivity index (χ4n) is 2.24. The van der Waals surface area contributed by atoms with Gasteiger partial charge >= 0.3 is 0 Å². The molecule has 0 nitrogen and oxygen atoms in total. The second kappa shape index (κ2) is 7.24. The lowest BCUT2D eigenvalue weighted by molar-refractivity contribution is 0.587. The first kappa shape index (κ1) is 15.5. The molecule has 1 unspecified atom stereocenters. The topological polar surface area (TPSA) is 0 Å². The van der Waals surface area contributed by atoms with Gasteiger partial charge < -0.3 is 0 Å². The summed E-state index contributed by atoms with van der Waals surface area (Å²) < 4.78 is 13.2. The van der Waals surface area contributed by atoms with E-state index >= 15 is 0 Å². The van der Waals surface area contributed by atoms with E-state index in [1.165, 1.54) is 17.2 Å². The summed E-state index contributed by atoms with van der Waals surface area (Å²) in [4.78, 5) is 0. The van der Waals surface area contributed by atoms with E-state index in [-0.39, 0.29) is 10.8 Å². The van der Waals surface area contributed by atoms with Crippen LogP contribution < -0.4 is 0 Å². The molecule has 0 spiro atoms. The second-order valence-electron chi connectivity index (χ2n) is 5.16. The summed E-state index contributed by atoms with van der Waals surface area (Å²) in [6.07, 6.45) is 1.89. The fraction of sp³-hybridized carbons (Fsp3) is 0.294. The van der Waals surface area contributed by atoms with Crippen molar-refractivity contribution < 1.29 is 4.39 Å². The van der Waals surface area contributed by atoms with Crippen LogP contribution in [0.5, 0.6) is 0 Å². The number of hydrogen-bond donors (Lipinski definition) is 0. The third-order valence-corrected chi connectivity index (χ3v) is 4.58. The highest BCUT2D eigenvalue weighted by atomic mass is 79.9. The van der Waals surface area contributed by atoms with Crippen LogP contribution in [0.3, 0.4) is 0 Å². The number of rotatable bonds is 5. The molecule has 3 heteroatoms. The van der Waals surface area contributed by atoms with Crippen LogP contribution in [-0.2, 0) is 12.8 Å². The Morgan fingerprint density at radius 3 is 2.25 bits per heavy atom. The molecule has 0 aromatic heterocycles. The number of hydrogen-bond acceptors (Lipinski definition) is 0. The minimum atomic E-state index is -0.357. The van der Waals surface area contributed by atoms with E-state index in [0.717, 1.165) is 23.7 Å². The largest absolute Gasteiger partial charge is 0.205 e. The lowest BCUT2D eigenvalue weighted by Gasteiger charge is -2.15. The van der Waals surface area contributed by atoms with Gasteiger partial charge in [-0.15, -0.1) is 0 Å². The average Bonchev–Trinajstić information content (AvgIpc) is 2.44. The normalized spacial score (nSPS) is 12.4. The smallest absolute Gasteiger partial charge is 0.141 e. The SMILES string of the molecule is Cc1ccc(CC(CBr)Cc2ccc(F)c(Cl)c2)cc1. The summed E-state index contributed by atoms with van der Waals surface area (Å²) in [7, 11) is 0. The summed E-state index contributed by atoms with van der Waals surface area (Å²) in [6, 6.07) is 13.6. The second-order valence-corrected chi connectivity index (χ2v) is 6.22. The Balaban J connectivity index is 2.04. The summed E-state index contributed by atoms with van der Waals surface area (Å²) in [5.41, 5.74) is 3.68. The van der Waals surface area contributed by atoms with Gasteiger partial charge in [0.15, 0.2) is 0 Å². The van der Waals surface area contributed by atoms with Crippen LogP contribution in [0.2, 0.25) is 5.02 Å². The first-order valence-electron chi connectivity index (χ1n) is 6.64. The molecule has 0 amide bonds. The van der Waals surface area contributed by atoms with Crippen molar-refractivity contribution in [1.82, 2.24) is 0 Å². The van der Waals surface area contributed by atoms with Crippen LogP contribution in [0.25, 0.3) is 0 Å². The van der Waals surface area contributed by atoms with Crippen molar-refractivity contribution in [3.8, 4) is 0 Å². The molecule has 0 saturated carbocycles. The van der Waals surface area contributed by atoms with E-state index in [0.29, 0.717) is 5.92 Å². The molecule has 0 bridgehead atoms. The van der Waals surface area contributed by atoms with Crippen LogP contribution in [0.15, 0.2) is 42.5 Å². The quantitative estimate of drug-likeness (QED) is 0.614.